The number of carbonyl (C=O) groups excluding carboxylic acids is 2. The fourth-order valence-corrected chi connectivity index (χ4v) is 3.13. The number of ketones is 1. The van der Waals surface area contributed by atoms with Gasteiger partial charge >= 0.3 is 0 Å². The Morgan fingerprint density at radius 3 is 2.47 bits per heavy atom. The smallest absolute Gasteiger partial charge is 0.230 e. The van der Waals surface area contributed by atoms with E-state index in [1.165, 1.54) is 6.92 Å². The van der Waals surface area contributed by atoms with Crippen LogP contribution in [0.3, 0.4) is 0 Å². The number of amides is 1. The average molecular weight is 406 g/mol. The Hall–Kier alpha value is -3.61. The predicted molar refractivity (Wildman–Crippen MR) is 117 cm³/mol. The van der Waals surface area contributed by atoms with Crippen molar-refractivity contribution in [2.45, 2.75) is 19.9 Å². The number of Topliss-reactive ketones (excluding diaryl/α,β-unsaturated/α-hetero) is 1. The van der Waals surface area contributed by atoms with E-state index in [1.54, 1.807) is 42.3 Å². The van der Waals surface area contributed by atoms with E-state index >= 15 is 0 Å². The first kappa shape index (κ1) is 21.1. The van der Waals surface area contributed by atoms with Crippen LogP contribution in [0, 0.1) is 0 Å². The van der Waals surface area contributed by atoms with Crippen molar-refractivity contribution in [1.29, 1.82) is 0 Å². The van der Waals surface area contributed by atoms with E-state index in [9.17, 15) is 9.59 Å². The Morgan fingerprint density at radius 1 is 1.10 bits per heavy atom. The lowest BCUT2D eigenvalue weighted by molar-refractivity contribution is -0.115. The van der Waals surface area contributed by atoms with Crippen molar-refractivity contribution in [3.8, 4) is 5.75 Å². The van der Waals surface area contributed by atoms with Crippen LogP contribution in [0.5, 0.6) is 5.75 Å². The maximum atomic E-state index is 12.7. The lowest BCUT2D eigenvalue weighted by Gasteiger charge is -2.14. The standard InChI is InChI=1S/C23H26N4O3/c1-16(28)18-7-10-21(30-4)19(13-18)14-23(29)25-22-11-12-24-27(22)15-17-5-8-20(9-6-17)26(2)3/h5-13H,14-15H2,1-4H3,(H,25,29). The molecule has 0 bridgehead atoms. The summed E-state index contributed by atoms with van der Waals surface area (Å²) >= 11 is 0. The molecule has 7 nitrogen and oxygen atoms in total. The molecule has 0 fully saturated rings. The molecule has 0 aliphatic rings. The molecule has 0 atom stereocenters. The largest absolute Gasteiger partial charge is 0.496 e. The number of nitrogens with one attached hydrogen (secondary N) is 1. The summed E-state index contributed by atoms with van der Waals surface area (Å²) in [7, 11) is 5.54. The Bertz CT molecular complexity index is 1040. The van der Waals surface area contributed by atoms with Crippen molar-refractivity contribution >= 4 is 23.2 Å². The average Bonchev–Trinajstić information content (AvgIpc) is 3.14. The molecule has 0 aliphatic carbocycles. The number of nitrogens with zero attached hydrogens (tertiary/aromatic N) is 3. The van der Waals surface area contributed by atoms with Gasteiger partial charge in [0.15, 0.2) is 5.78 Å². The van der Waals surface area contributed by atoms with E-state index in [0.29, 0.717) is 29.2 Å². The predicted octanol–water partition coefficient (Wildman–Crippen LogP) is 3.39. The lowest BCUT2D eigenvalue weighted by atomic mass is 10.0. The minimum Gasteiger partial charge on any atom is -0.496 e. The number of benzene rings is 2. The number of carbonyl (C=O) groups is 2. The summed E-state index contributed by atoms with van der Waals surface area (Å²) in [5.41, 5.74) is 3.41. The van der Waals surface area contributed by atoms with E-state index in [2.05, 4.69) is 10.4 Å². The summed E-state index contributed by atoms with van der Waals surface area (Å²) in [4.78, 5) is 26.4. The number of hydrogen-bond acceptors (Lipinski definition) is 5. The van der Waals surface area contributed by atoms with Crippen molar-refractivity contribution in [3.63, 3.8) is 0 Å². The van der Waals surface area contributed by atoms with Crippen LogP contribution in [0.25, 0.3) is 0 Å². The zero-order valence-electron chi connectivity index (χ0n) is 17.7. The van der Waals surface area contributed by atoms with Crippen LogP contribution in [-0.4, -0.2) is 42.7 Å². The molecule has 0 unspecified atom stereocenters. The summed E-state index contributed by atoms with van der Waals surface area (Å²) < 4.78 is 7.07. The number of ether oxygens (including phenoxy) is 1. The molecule has 0 saturated carbocycles. The second kappa shape index (κ2) is 9.26. The van der Waals surface area contributed by atoms with Gasteiger partial charge in [0.1, 0.15) is 11.6 Å². The molecule has 1 amide bonds. The van der Waals surface area contributed by atoms with E-state index in [1.807, 2.05) is 43.3 Å². The molecular formula is C23H26N4O3. The third kappa shape index (κ3) is 5.05. The van der Waals surface area contributed by atoms with Crippen molar-refractivity contribution in [1.82, 2.24) is 9.78 Å². The molecule has 156 valence electrons. The number of rotatable bonds is 8. The van der Waals surface area contributed by atoms with Gasteiger partial charge in [-0.1, -0.05) is 12.1 Å². The van der Waals surface area contributed by atoms with Crippen LogP contribution in [-0.2, 0) is 17.8 Å². The first-order chi connectivity index (χ1) is 14.4. The fourth-order valence-electron chi connectivity index (χ4n) is 3.13. The van der Waals surface area contributed by atoms with E-state index in [0.717, 1.165) is 11.3 Å². The topological polar surface area (TPSA) is 76.5 Å². The molecule has 1 aromatic heterocycles. The van der Waals surface area contributed by atoms with E-state index in [-0.39, 0.29) is 18.1 Å². The van der Waals surface area contributed by atoms with Gasteiger partial charge in [-0.15, -0.1) is 0 Å². The molecule has 0 saturated heterocycles. The van der Waals surface area contributed by atoms with Gasteiger partial charge in [0, 0.05) is 37.0 Å². The van der Waals surface area contributed by atoms with Gasteiger partial charge in [0.25, 0.3) is 0 Å². The van der Waals surface area contributed by atoms with Gasteiger partial charge in [0.2, 0.25) is 5.91 Å². The highest BCUT2D eigenvalue weighted by molar-refractivity contribution is 5.96. The number of anilines is 2. The summed E-state index contributed by atoms with van der Waals surface area (Å²) in [5, 5.41) is 7.22. The summed E-state index contributed by atoms with van der Waals surface area (Å²) in [5.74, 6) is 0.916. The van der Waals surface area contributed by atoms with Crippen LogP contribution in [0.15, 0.2) is 54.7 Å². The highest BCUT2D eigenvalue weighted by Crippen LogP contribution is 2.22. The van der Waals surface area contributed by atoms with Crippen LogP contribution in [0.2, 0.25) is 0 Å². The normalized spacial score (nSPS) is 10.5. The van der Waals surface area contributed by atoms with Gasteiger partial charge in [-0.2, -0.15) is 5.10 Å². The summed E-state index contributed by atoms with van der Waals surface area (Å²) in [6, 6.07) is 15.0. The minimum atomic E-state index is -0.210. The fraction of sp³-hybridized carbons (Fsp3) is 0.261. The summed E-state index contributed by atoms with van der Waals surface area (Å²) in [6.45, 7) is 2.04. The highest BCUT2D eigenvalue weighted by atomic mass is 16.5. The molecule has 0 spiro atoms. The van der Waals surface area contributed by atoms with Crippen molar-refractivity contribution in [3.05, 3.63) is 71.4 Å². The lowest BCUT2D eigenvalue weighted by Crippen LogP contribution is -2.18. The number of aromatic nitrogens is 2. The zero-order chi connectivity index (χ0) is 21.7. The molecule has 1 N–H and O–H groups in total. The number of hydrogen-bond donors (Lipinski definition) is 1. The van der Waals surface area contributed by atoms with Gasteiger partial charge in [0.05, 0.1) is 26.3 Å². The molecule has 3 rings (SSSR count). The Balaban J connectivity index is 1.71. The van der Waals surface area contributed by atoms with E-state index < -0.39 is 0 Å². The third-order valence-electron chi connectivity index (χ3n) is 4.81. The molecule has 3 aromatic rings. The first-order valence-corrected chi connectivity index (χ1v) is 9.63. The highest BCUT2D eigenvalue weighted by Gasteiger charge is 2.13. The second-order valence-corrected chi connectivity index (χ2v) is 7.24. The number of methoxy groups -OCH3 is 1. The third-order valence-corrected chi connectivity index (χ3v) is 4.81. The van der Waals surface area contributed by atoms with Crippen molar-refractivity contribution in [2.24, 2.45) is 0 Å². The minimum absolute atomic E-state index is 0.0577. The Labute approximate surface area is 176 Å². The van der Waals surface area contributed by atoms with E-state index in [4.69, 9.17) is 4.74 Å². The monoisotopic (exact) mass is 406 g/mol. The second-order valence-electron chi connectivity index (χ2n) is 7.24. The molecule has 2 aromatic carbocycles. The van der Waals surface area contributed by atoms with Crippen molar-refractivity contribution < 1.29 is 14.3 Å². The SMILES string of the molecule is COc1ccc(C(C)=O)cc1CC(=O)Nc1ccnn1Cc1ccc(N(C)C)cc1. The van der Waals surface area contributed by atoms with Gasteiger partial charge in [-0.05, 0) is 42.8 Å². The quantitative estimate of drug-likeness (QED) is 0.581. The van der Waals surface area contributed by atoms with Crippen molar-refractivity contribution in [2.75, 3.05) is 31.4 Å². The van der Waals surface area contributed by atoms with Crippen LogP contribution in [0.1, 0.15) is 28.4 Å². The molecule has 0 aliphatic heterocycles. The molecule has 1 heterocycles. The first-order valence-electron chi connectivity index (χ1n) is 9.63. The Morgan fingerprint density at radius 2 is 1.83 bits per heavy atom. The molecule has 7 heteroatoms. The van der Waals surface area contributed by atoms with Gasteiger partial charge in [-0.3, -0.25) is 9.59 Å². The van der Waals surface area contributed by atoms with Gasteiger partial charge in [-0.25, -0.2) is 4.68 Å². The van der Waals surface area contributed by atoms with Crippen LogP contribution < -0.4 is 15.0 Å². The maximum Gasteiger partial charge on any atom is 0.230 e. The zero-order valence-corrected chi connectivity index (χ0v) is 17.7. The molecule has 30 heavy (non-hydrogen) atoms. The maximum absolute atomic E-state index is 12.7. The molecular weight excluding hydrogens is 380 g/mol. The Kier molecular flexibility index (Phi) is 6.51. The van der Waals surface area contributed by atoms with Crippen LogP contribution in [0.4, 0.5) is 11.5 Å². The van der Waals surface area contributed by atoms with Gasteiger partial charge < -0.3 is 15.0 Å². The molecule has 0 radical (unpaired) electrons. The summed E-state index contributed by atoms with van der Waals surface area (Å²) in [6.07, 6.45) is 1.74. The van der Waals surface area contributed by atoms with Crippen LogP contribution >= 0.6 is 0 Å².